The van der Waals surface area contributed by atoms with Crippen molar-refractivity contribution in [2.75, 3.05) is 38.5 Å². The first-order valence-corrected chi connectivity index (χ1v) is 8.86. The molecule has 1 aliphatic heterocycles. The summed E-state index contributed by atoms with van der Waals surface area (Å²) in [7, 11) is 1.99. The van der Waals surface area contributed by atoms with Crippen molar-refractivity contribution in [3.63, 3.8) is 0 Å². The predicted octanol–water partition coefficient (Wildman–Crippen LogP) is 1.43. The van der Waals surface area contributed by atoms with Crippen molar-refractivity contribution >= 4 is 29.5 Å². The molecule has 0 spiro atoms. The maximum atomic E-state index is 14.2. The molecule has 27 heavy (non-hydrogen) atoms. The summed E-state index contributed by atoms with van der Waals surface area (Å²) in [5.74, 6) is -1.18. The lowest BCUT2D eigenvalue weighted by atomic mass is 10.0. The second kappa shape index (κ2) is 9.27. The molecule has 1 aliphatic rings. The minimum atomic E-state index is -0.618. The van der Waals surface area contributed by atoms with Crippen LogP contribution in [0.25, 0.3) is 5.57 Å². The molecule has 2 rings (SSSR count). The number of halogens is 1. The van der Waals surface area contributed by atoms with Gasteiger partial charge in [0.05, 0.1) is 5.69 Å². The third-order valence-electron chi connectivity index (χ3n) is 4.58. The van der Waals surface area contributed by atoms with E-state index in [1.54, 1.807) is 24.8 Å². The molecule has 146 valence electrons. The van der Waals surface area contributed by atoms with Gasteiger partial charge in [0.15, 0.2) is 0 Å². The zero-order valence-electron chi connectivity index (χ0n) is 15.8. The minimum Gasteiger partial charge on any atom is -0.335 e. The molecular weight excluding hydrogens is 351 g/mol. The number of anilines is 1. The second-order valence-corrected chi connectivity index (χ2v) is 6.45. The topological polar surface area (TPSA) is 81.8 Å². The number of carbonyl (C=O) groups excluding carboxylic acids is 3. The van der Waals surface area contributed by atoms with Crippen LogP contribution in [-0.2, 0) is 14.4 Å². The normalized spacial score (nSPS) is 15.8. The summed E-state index contributed by atoms with van der Waals surface area (Å²) in [6.07, 6.45) is 0.619. The fraction of sp³-hybridized carbons (Fsp3) is 0.421. The highest BCUT2D eigenvalue weighted by Gasteiger charge is 2.25. The monoisotopic (exact) mass is 376 g/mol. The van der Waals surface area contributed by atoms with E-state index in [9.17, 15) is 18.8 Å². The minimum absolute atomic E-state index is 0.0473. The van der Waals surface area contributed by atoms with Crippen molar-refractivity contribution in [1.82, 2.24) is 15.1 Å². The Morgan fingerprint density at radius 3 is 2.44 bits per heavy atom. The fourth-order valence-corrected chi connectivity index (χ4v) is 2.78. The van der Waals surface area contributed by atoms with Crippen molar-refractivity contribution in [3.05, 3.63) is 35.3 Å². The van der Waals surface area contributed by atoms with E-state index in [0.717, 1.165) is 13.1 Å². The van der Waals surface area contributed by atoms with Crippen molar-refractivity contribution in [1.29, 1.82) is 0 Å². The van der Waals surface area contributed by atoms with Gasteiger partial charge in [-0.25, -0.2) is 4.39 Å². The maximum absolute atomic E-state index is 14.2. The second-order valence-electron chi connectivity index (χ2n) is 6.45. The van der Waals surface area contributed by atoms with Crippen LogP contribution in [0.5, 0.6) is 0 Å². The van der Waals surface area contributed by atoms with Gasteiger partial charge in [0.1, 0.15) is 11.5 Å². The molecule has 2 N–H and O–H groups in total. The van der Waals surface area contributed by atoms with Crippen LogP contribution in [0.2, 0.25) is 0 Å². The van der Waals surface area contributed by atoms with Gasteiger partial charge >= 0.3 is 0 Å². The number of hydrogen-bond donors (Lipinski definition) is 2. The Bertz CT molecular complexity index is 755. The van der Waals surface area contributed by atoms with E-state index in [0.29, 0.717) is 30.6 Å². The van der Waals surface area contributed by atoms with E-state index in [4.69, 9.17) is 0 Å². The molecule has 0 aliphatic carbocycles. The van der Waals surface area contributed by atoms with Crippen molar-refractivity contribution in [2.45, 2.75) is 20.3 Å². The van der Waals surface area contributed by atoms with Crippen molar-refractivity contribution in [3.8, 4) is 0 Å². The maximum Gasteiger partial charge on any atom is 0.270 e. The summed E-state index contributed by atoms with van der Waals surface area (Å²) >= 11 is 0. The molecule has 1 aromatic carbocycles. The summed E-state index contributed by atoms with van der Waals surface area (Å²) in [5, 5.41) is 4.94. The van der Waals surface area contributed by atoms with E-state index in [1.807, 2.05) is 7.05 Å². The van der Waals surface area contributed by atoms with E-state index < -0.39 is 5.82 Å². The van der Waals surface area contributed by atoms with Crippen LogP contribution in [0.1, 0.15) is 25.8 Å². The summed E-state index contributed by atoms with van der Waals surface area (Å²) < 4.78 is 14.2. The average Bonchev–Trinajstić information content (AvgIpc) is 2.67. The molecular formula is C19H25FN4O3. The van der Waals surface area contributed by atoms with Crippen LogP contribution in [0.4, 0.5) is 10.1 Å². The van der Waals surface area contributed by atoms with Crippen molar-refractivity contribution in [2.24, 2.45) is 0 Å². The molecule has 0 atom stereocenters. The van der Waals surface area contributed by atoms with Crippen LogP contribution in [0.3, 0.4) is 0 Å². The van der Waals surface area contributed by atoms with Crippen LogP contribution < -0.4 is 10.6 Å². The Balaban J connectivity index is 2.38. The molecule has 1 heterocycles. The number of carbonyl (C=O) groups is 3. The van der Waals surface area contributed by atoms with E-state index in [1.165, 1.54) is 12.1 Å². The van der Waals surface area contributed by atoms with Crippen LogP contribution in [-0.4, -0.2) is 61.3 Å². The quantitative estimate of drug-likeness (QED) is 0.581. The van der Waals surface area contributed by atoms with Gasteiger partial charge in [0, 0.05) is 32.6 Å². The van der Waals surface area contributed by atoms with Gasteiger partial charge in [-0.15, -0.1) is 0 Å². The van der Waals surface area contributed by atoms with Gasteiger partial charge in [-0.05, 0) is 37.2 Å². The highest BCUT2D eigenvalue weighted by Crippen LogP contribution is 2.23. The lowest BCUT2D eigenvalue weighted by Crippen LogP contribution is -2.49. The highest BCUT2D eigenvalue weighted by molar-refractivity contribution is 6.03. The Labute approximate surface area is 158 Å². The first kappa shape index (κ1) is 20.6. The number of allylic oxidation sites excluding steroid dienone is 1. The third-order valence-corrected chi connectivity index (χ3v) is 4.58. The molecule has 1 fully saturated rings. The highest BCUT2D eigenvalue weighted by atomic mass is 19.1. The average molecular weight is 376 g/mol. The van der Waals surface area contributed by atoms with E-state index >= 15 is 0 Å². The third kappa shape index (κ3) is 5.13. The number of nitrogens with one attached hydrogen (secondary N) is 2. The molecule has 0 saturated carbocycles. The van der Waals surface area contributed by atoms with E-state index in [-0.39, 0.29) is 29.6 Å². The summed E-state index contributed by atoms with van der Waals surface area (Å²) in [5.41, 5.74) is 1.13. The van der Waals surface area contributed by atoms with Gasteiger partial charge < -0.3 is 20.4 Å². The molecule has 1 aromatic rings. The predicted molar refractivity (Wildman–Crippen MR) is 101 cm³/mol. The molecule has 0 bridgehead atoms. The molecule has 0 radical (unpaired) electrons. The van der Waals surface area contributed by atoms with Gasteiger partial charge in [-0.2, -0.15) is 0 Å². The molecule has 1 saturated heterocycles. The zero-order valence-corrected chi connectivity index (χ0v) is 15.8. The van der Waals surface area contributed by atoms with Crippen molar-refractivity contribution < 1.29 is 18.8 Å². The number of hydrogen-bond acceptors (Lipinski definition) is 4. The lowest BCUT2D eigenvalue weighted by molar-refractivity contribution is -0.131. The standard InChI is InChI=1S/C19H25FN4O3/c1-4-17(26)22-18(19(27)24-9-7-23(3)8-10-24)13(2)14-5-6-16(21-12-25)15(20)11-14/h5-6,11-12H,4,7-10H2,1-3H3,(H,21,25)(H,22,26)/b18-13-. The zero-order chi connectivity index (χ0) is 20.0. The van der Waals surface area contributed by atoms with Gasteiger partial charge in [-0.1, -0.05) is 13.0 Å². The van der Waals surface area contributed by atoms with Crippen LogP contribution in [0, 0.1) is 5.82 Å². The van der Waals surface area contributed by atoms with Crippen LogP contribution in [0.15, 0.2) is 23.9 Å². The SMILES string of the molecule is CCC(=O)N/C(C(=O)N1CCN(C)CC1)=C(/C)c1ccc(NC=O)c(F)c1. The molecule has 0 aromatic heterocycles. The number of rotatable bonds is 6. The Morgan fingerprint density at radius 2 is 1.89 bits per heavy atom. The number of benzene rings is 1. The number of nitrogens with zero attached hydrogens (tertiary/aromatic N) is 2. The molecule has 7 nitrogen and oxygen atoms in total. The first-order valence-electron chi connectivity index (χ1n) is 8.86. The smallest absolute Gasteiger partial charge is 0.270 e. The van der Waals surface area contributed by atoms with Gasteiger partial charge in [0.2, 0.25) is 12.3 Å². The molecule has 3 amide bonds. The first-order chi connectivity index (χ1) is 12.9. The number of likely N-dealkylation sites (N-methyl/N-ethyl adjacent to an activating group) is 1. The van der Waals surface area contributed by atoms with E-state index in [2.05, 4.69) is 15.5 Å². The Kier molecular flexibility index (Phi) is 7.06. The fourth-order valence-electron chi connectivity index (χ4n) is 2.78. The van der Waals surface area contributed by atoms with Crippen LogP contribution >= 0.6 is 0 Å². The number of amides is 3. The largest absolute Gasteiger partial charge is 0.335 e. The van der Waals surface area contributed by atoms with Gasteiger partial charge in [-0.3, -0.25) is 14.4 Å². The summed E-state index contributed by atoms with van der Waals surface area (Å²) in [6.45, 7) is 5.99. The Hall–Kier alpha value is -2.74. The lowest BCUT2D eigenvalue weighted by Gasteiger charge is -2.33. The summed E-state index contributed by atoms with van der Waals surface area (Å²) in [4.78, 5) is 39.3. The van der Waals surface area contributed by atoms with Gasteiger partial charge in [0.25, 0.3) is 5.91 Å². The number of piperazine rings is 1. The Morgan fingerprint density at radius 1 is 1.22 bits per heavy atom. The summed E-state index contributed by atoms with van der Waals surface area (Å²) in [6, 6.07) is 4.25. The molecule has 8 heteroatoms. The molecule has 0 unspecified atom stereocenters.